The average Bonchev–Trinajstić information content (AvgIpc) is 2.61. The Morgan fingerprint density at radius 3 is 2.80 bits per heavy atom. The second-order valence-electron chi connectivity index (χ2n) is 2.97. The van der Waals surface area contributed by atoms with Crippen LogP contribution in [0.2, 0.25) is 0 Å². The van der Waals surface area contributed by atoms with Crippen molar-refractivity contribution in [2.45, 2.75) is 25.8 Å². The molecular weight excluding hydrogens is 126 g/mol. The predicted octanol–water partition coefficient (Wildman–Crippen LogP) is 0.528. The van der Waals surface area contributed by atoms with Crippen LogP contribution in [0.1, 0.15) is 24.6 Å². The first kappa shape index (κ1) is 5.77. The molecule has 0 atom stereocenters. The van der Waals surface area contributed by atoms with Crippen LogP contribution in [0.3, 0.4) is 0 Å². The summed E-state index contributed by atoms with van der Waals surface area (Å²) in [6.45, 7) is 2.02. The van der Waals surface area contributed by atoms with Gasteiger partial charge in [0, 0.05) is 0 Å². The summed E-state index contributed by atoms with van der Waals surface area (Å²) in [4.78, 5) is 0. The van der Waals surface area contributed by atoms with Gasteiger partial charge < -0.3 is 0 Å². The number of hydrogen-bond acceptors (Lipinski definition) is 1. The van der Waals surface area contributed by atoms with Gasteiger partial charge in [0.05, 0.1) is 11.8 Å². The van der Waals surface area contributed by atoms with Crippen LogP contribution >= 0.6 is 0 Å². The standard InChI is InChI=1S/C7H11N3/c1-5-4-7(8)10(9-5)6-2-3-6/h4,6H,2-3H2,1H3,(H2,8,9)/p+1. The minimum Gasteiger partial charge on any atom is -0.285 e. The Morgan fingerprint density at radius 2 is 2.40 bits per heavy atom. The third kappa shape index (κ3) is 0.781. The van der Waals surface area contributed by atoms with Crippen molar-refractivity contribution in [1.82, 2.24) is 5.10 Å². The zero-order valence-electron chi connectivity index (χ0n) is 6.09. The molecule has 1 saturated carbocycles. The maximum atomic E-state index is 5.71. The summed E-state index contributed by atoms with van der Waals surface area (Å²) in [5, 5.41) is 3.20. The van der Waals surface area contributed by atoms with Crippen molar-refractivity contribution in [2.24, 2.45) is 0 Å². The van der Waals surface area contributed by atoms with Crippen LogP contribution in [-0.4, -0.2) is 5.10 Å². The summed E-state index contributed by atoms with van der Waals surface area (Å²) in [6, 6.07) is 2.63. The van der Waals surface area contributed by atoms with Crippen molar-refractivity contribution < 1.29 is 4.68 Å². The van der Waals surface area contributed by atoms with Crippen molar-refractivity contribution in [3.05, 3.63) is 11.8 Å². The van der Waals surface area contributed by atoms with Crippen molar-refractivity contribution in [2.75, 3.05) is 5.73 Å². The minimum atomic E-state index is 0.661. The molecule has 0 radical (unpaired) electrons. The number of anilines is 1. The number of hydrogen-bond donors (Lipinski definition) is 2. The molecule has 0 amide bonds. The van der Waals surface area contributed by atoms with E-state index in [4.69, 9.17) is 5.73 Å². The summed E-state index contributed by atoms with van der Waals surface area (Å²) in [6.07, 6.45) is 2.55. The van der Waals surface area contributed by atoms with Crippen molar-refractivity contribution >= 4 is 5.82 Å². The molecule has 1 aromatic rings. The molecule has 2 rings (SSSR count). The van der Waals surface area contributed by atoms with Gasteiger partial charge in [-0.25, -0.2) is 5.10 Å². The van der Waals surface area contributed by atoms with E-state index in [1.54, 1.807) is 0 Å². The Hall–Kier alpha value is -0.990. The number of nitrogen functional groups attached to an aromatic ring is 1. The van der Waals surface area contributed by atoms with Gasteiger partial charge in [0.15, 0.2) is 0 Å². The maximum Gasteiger partial charge on any atom is 0.293 e. The monoisotopic (exact) mass is 138 g/mol. The zero-order valence-corrected chi connectivity index (χ0v) is 6.09. The predicted molar refractivity (Wildman–Crippen MR) is 38.4 cm³/mol. The van der Waals surface area contributed by atoms with Gasteiger partial charge in [0.2, 0.25) is 0 Å². The Balaban J connectivity index is 2.38. The molecule has 0 spiro atoms. The molecule has 10 heavy (non-hydrogen) atoms. The molecule has 54 valence electrons. The molecule has 0 saturated heterocycles. The number of nitrogens with two attached hydrogens (primary N) is 1. The Morgan fingerprint density at radius 1 is 1.70 bits per heavy atom. The van der Waals surface area contributed by atoms with Gasteiger partial charge in [-0.2, -0.15) is 4.68 Å². The first-order valence-corrected chi connectivity index (χ1v) is 3.64. The third-order valence-corrected chi connectivity index (χ3v) is 1.85. The molecule has 0 unspecified atom stereocenters. The van der Waals surface area contributed by atoms with E-state index in [9.17, 15) is 0 Å². The number of nitrogens with zero attached hydrogens (tertiary/aromatic N) is 1. The Bertz CT molecular complexity index is 247. The van der Waals surface area contributed by atoms with E-state index in [0.717, 1.165) is 11.5 Å². The molecule has 0 aliphatic heterocycles. The highest BCUT2D eigenvalue weighted by molar-refractivity contribution is 5.22. The lowest BCUT2D eigenvalue weighted by Gasteiger charge is -1.90. The lowest BCUT2D eigenvalue weighted by molar-refractivity contribution is -0.740. The smallest absolute Gasteiger partial charge is 0.285 e. The quantitative estimate of drug-likeness (QED) is 0.546. The van der Waals surface area contributed by atoms with Gasteiger partial charge in [-0.3, -0.25) is 5.73 Å². The Labute approximate surface area is 59.8 Å². The van der Waals surface area contributed by atoms with Crippen LogP contribution < -0.4 is 10.4 Å². The lowest BCUT2D eigenvalue weighted by atomic mass is 10.5. The molecule has 1 aliphatic carbocycles. The van der Waals surface area contributed by atoms with Crippen molar-refractivity contribution in [3.8, 4) is 0 Å². The van der Waals surface area contributed by atoms with Crippen LogP contribution in [0.5, 0.6) is 0 Å². The summed E-state index contributed by atoms with van der Waals surface area (Å²) in [5.74, 6) is 0.861. The second kappa shape index (κ2) is 1.75. The number of H-pyrrole nitrogens is 1. The lowest BCUT2D eigenvalue weighted by Crippen LogP contribution is -2.36. The fraction of sp³-hybridized carbons (Fsp3) is 0.571. The van der Waals surface area contributed by atoms with Gasteiger partial charge in [0.25, 0.3) is 5.82 Å². The van der Waals surface area contributed by atoms with Crippen LogP contribution in [0.4, 0.5) is 5.82 Å². The highest BCUT2D eigenvalue weighted by atomic mass is 15.3. The van der Waals surface area contributed by atoms with E-state index >= 15 is 0 Å². The van der Waals surface area contributed by atoms with E-state index in [0.29, 0.717) is 6.04 Å². The summed E-state index contributed by atoms with van der Waals surface area (Å²) >= 11 is 0. The van der Waals surface area contributed by atoms with Gasteiger partial charge in [-0.15, -0.1) is 0 Å². The van der Waals surface area contributed by atoms with Crippen molar-refractivity contribution in [1.29, 1.82) is 0 Å². The van der Waals surface area contributed by atoms with Gasteiger partial charge in [-0.1, -0.05) is 0 Å². The number of aromatic nitrogens is 2. The van der Waals surface area contributed by atoms with E-state index in [-0.39, 0.29) is 0 Å². The van der Waals surface area contributed by atoms with E-state index < -0.39 is 0 Å². The molecule has 1 aromatic heterocycles. The van der Waals surface area contributed by atoms with E-state index in [2.05, 4.69) is 9.78 Å². The number of rotatable bonds is 1. The topological polar surface area (TPSA) is 45.7 Å². The van der Waals surface area contributed by atoms with E-state index in [1.165, 1.54) is 12.8 Å². The van der Waals surface area contributed by atoms with Crippen LogP contribution in [0, 0.1) is 6.92 Å². The molecule has 3 nitrogen and oxygen atoms in total. The normalized spacial score (nSPS) is 17.7. The minimum absolute atomic E-state index is 0.661. The first-order valence-electron chi connectivity index (χ1n) is 3.64. The largest absolute Gasteiger partial charge is 0.293 e. The number of aryl methyl sites for hydroxylation is 1. The zero-order chi connectivity index (χ0) is 7.14. The summed E-state index contributed by atoms with van der Waals surface area (Å²) in [5.41, 5.74) is 6.86. The first-order chi connectivity index (χ1) is 4.77. The number of aromatic amines is 1. The molecule has 3 heteroatoms. The Kier molecular flexibility index (Phi) is 1.01. The third-order valence-electron chi connectivity index (χ3n) is 1.85. The molecule has 1 fully saturated rings. The summed E-state index contributed by atoms with van der Waals surface area (Å²) in [7, 11) is 0. The van der Waals surface area contributed by atoms with Crippen molar-refractivity contribution in [3.63, 3.8) is 0 Å². The van der Waals surface area contributed by atoms with Gasteiger partial charge >= 0.3 is 0 Å². The molecule has 1 aliphatic rings. The van der Waals surface area contributed by atoms with Gasteiger partial charge in [-0.05, 0) is 19.8 Å². The maximum absolute atomic E-state index is 5.71. The second-order valence-corrected chi connectivity index (χ2v) is 2.97. The molecule has 0 aromatic carbocycles. The van der Waals surface area contributed by atoms with E-state index in [1.807, 2.05) is 13.0 Å². The fourth-order valence-corrected chi connectivity index (χ4v) is 1.21. The summed E-state index contributed by atoms with van der Waals surface area (Å²) < 4.78 is 2.05. The molecular formula is C7H12N3+. The van der Waals surface area contributed by atoms with Crippen LogP contribution in [-0.2, 0) is 0 Å². The highest BCUT2D eigenvalue weighted by Crippen LogP contribution is 2.29. The van der Waals surface area contributed by atoms with Crippen LogP contribution in [0.25, 0.3) is 0 Å². The highest BCUT2D eigenvalue weighted by Gasteiger charge is 2.31. The fourth-order valence-electron chi connectivity index (χ4n) is 1.21. The molecule has 0 bridgehead atoms. The average molecular weight is 138 g/mol. The number of nitrogens with one attached hydrogen (secondary N) is 1. The SMILES string of the molecule is Cc1cc(N)[n+](C2CC2)[nH]1. The van der Waals surface area contributed by atoms with Crippen LogP contribution in [0.15, 0.2) is 6.07 Å². The molecule has 1 heterocycles. The molecule has 3 N–H and O–H groups in total. The van der Waals surface area contributed by atoms with Gasteiger partial charge in [0.1, 0.15) is 6.04 Å².